The molecule has 0 saturated carbocycles. The van der Waals surface area contributed by atoms with Gasteiger partial charge in [0.25, 0.3) is 5.91 Å². The monoisotopic (exact) mass is 499 g/mol. The van der Waals surface area contributed by atoms with Crippen LogP contribution in [0.3, 0.4) is 0 Å². The number of amides is 4. The van der Waals surface area contributed by atoms with Crippen molar-refractivity contribution in [2.24, 2.45) is 0 Å². The largest absolute Gasteiger partial charge is 0.486 e. The molecule has 0 bridgehead atoms. The van der Waals surface area contributed by atoms with Gasteiger partial charge in [0.15, 0.2) is 23.1 Å². The van der Waals surface area contributed by atoms with Crippen LogP contribution >= 0.6 is 0 Å². The van der Waals surface area contributed by atoms with Gasteiger partial charge in [0, 0.05) is 13.0 Å². The predicted octanol–water partition coefficient (Wildman–Crippen LogP) is 3.36. The van der Waals surface area contributed by atoms with E-state index in [1.807, 2.05) is 91.9 Å². The Balaban J connectivity index is 1.33. The summed E-state index contributed by atoms with van der Waals surface area (Å²) >= 11 is 0. The fourth-order valence-corrected chi connectivity index (χ4v) is 4.85. The zero-order valence-corrected chi connectivity index (χ0v) is 20.6. The minimum atomic E-state index is -1.29. The molecule has 0 aliphatic carbocycles. The number of imide groups is 1. The van der Waals surface area contributed by atoms with Gasteiger partial charge in [-0.2, -0.15) is 0 Å². The Bertz CT molecular complexity index is 1280. The first kappa shape index (κ1) is 24.4. The second-order valence-electron chi connectivity index (χ2n) is 9.19. The lowest BCUT2D eigenvalue weighted by Gasteiger charge is -2.31. The van der Waals surface area contributed by atoms with Crippen LogP contribution in [0.5, 0.6) is 11.5 Å². The van der Waals surface area contributed by atoms with E-state index in [1.54, 1.807) is 4.90 Å². The molecule has 8 heteroatoms. The molecule has 4 amide bonds. The van der Waals surface area contributed by atoms with Crippen LogP contribution in [-0.2, 0) is 21.5 Å². The number of para-hydroxylation sites is 2. The summed E-state index contributed by atoms with van der Waals surface area (Å²) in [5, 5.41) is 2.91. The number of hydrogen-bond donors (Lipinski definition) is 1. The summed E-state index contributed by atoms with van der Waals surface area (Å²) in [5.74, 6) is 0.521. The van der Waals surface area contributed by atoms with Gasteiger partial charge < -0.3 is 19.7 Å². The average molecular weight is 500 g/mol. The number of rotatable bonds is 8. The van der Waals surface area contributed by atoms with E-state index in [1.165, 1.54) is 0 Å². The number of hydrogen-bond acceptors (Lipinski definition) is 5. The van der Waals surface area contributed by atoms with Crippen LogP contribution in [0.15, 0.2) is 84.9 Å². The Labute approximate surface area is 215 Å². The molecule has 0 unspecified atom stereocenters. The van der Waals surface area contributed by atoms with Gasteiger partial charge in [0.2, 0.25) is 5.91 Å². The first-order valence-corrected chi connectivity index (χ1v) is 12.4. The molecule has 8 nitrogen and oxygen atoms in total. The number of ether oxygens (including phenoxy) is 2. The number of urea groups is 1. The minimum Gasteiger partial charge on any atom is -0.486 e. The van der Waals surface area contributed by atoms with Gasteiger partial charge in [-0.25, -0.2) is 4.79 Å². The summed E-state index contributed by atoms with van der Waals surface area (Å²) in [5.41, 5.74) is 0.283. The molecule has 1 fully saturated rings. The average Bonchev–Trinajstić information content (AvgIpc) is 3.17. The third-order valence-electron chi connectivity index (χ3n) is 6.77. The van der Waals surface area contributed by atoms with E-state index in [9.17, 15) is 14.4 Å². The van der Waals surface area contributed by atoms with Gasteiger partial charge in [0.05, 0.1) is 6.54 Å². The summed E-state index contributed by atoms with van der Waals surface area (Å²) in [4.78, 5) is 42.9. The zero-order valence-electron chi connectivity index (χ0n) is 20.6. The highest BCUT2D eigenvalue weighted by Crippen LogP contribution is 2.33. The van der Waals surface area contributed by atoms with E-state index >= 15 is 0 Å². The maximum Gasteiger partial charge on any atom is 0.325 e. The third-order valence-corrected chi connectivity index (χ3v) is 6.77. The summed E-state index contributed by atoms with van der Waals surface area (Å²) in [6, 6.07) is 25.5. The van der Waals surface area contributed by atoms with Crippen molar-refractivity contribution in [2.45, 2.75) is 25.0 Å². The van der Waals surface area contributed by atoms with Crippen molar-refractivity contribution in [3.05, 3.63) is 96.1 Å². The molecule has 2 heterocycles. The lowest BCUT2D eigenvalue weighted by atomic mass is 9.83. The van der Waals surface area contributed by atoms with Crippen molar-refractivity contribution in [3.8, 4) is 11.5 Å². The van der Waals surface area contributed by atoms with Crippen LogP contribution in [0, 0.1) is 0 Å². The van der Waals surface area contributed by atoms with Crippen LogP contribution in [-0.4, -0.2) is 60.0 Å². The van der Waals surface area contributed by atoms with Gasteiger partial charge in [-0.1, -0.05) is 72.8 Å². The van der Waals surface area contributed by atoms with Crippen molar-refractivity contribution in [2.75, 3.05) is 26.2 Å². The Kier molecular flexibility index (Phi) is 6.81. The molecule has 2 atom stereocenters. The molecule has 2 aliphatic heterocycles. The number of fused-ring (bicyclic) bond motifs is 1. The Hall–Kier alpha value is -4.33. The van der Waals surface area contributed by atoms with Crippen molar-refractivity contribution < 1.29 is 23.9 Å². The molecule has 0 radical (unpaired) electrons. The molecule has 190 valence electrons. The first-order chi connectivity index (χ1) is 18.0. The number of benzene rings is 3. The second-order valence-corrected chi connectivity index (χ2v) is 9.19. The maximum atomic E-state index is 13.8. The van der Waals surface area contributed by atoms with Gasteiger partial charge in [0.1, 0.15) is 13.2 Å². The Morgan fingerprint density at radius 1 is 0.973 bits per heavy atom. The highest BCUT2D eigenvalue weighted by molar-refractivity contribution is 6.09. The lowest BCUT2D eigenvalue weighted by molar-refractivity contribution is -0.140. The fourth-order valence-electron chi connectivity index (χ4n) is 4.85. The molecule has 1 saturated heterocycles. The SMILES string of the molecule is CCN(C[C@@H]1COc2ccccc2O1)C(=O)CN1C(=O)N[C@@](Cc2ccccc2)(c2ccccc2)C1=O. The smallest absolute Gasteiger partial charge is 0.325 e. The van der Waals surface area contributed by atoms with E-state index in [2.05, 4.69) is 5.32 Å². The van der Waals surface area contributed by atoms with Crippen LogP contribution in [0.25, 0.3) is 0 Å². The van der Waals surface area contributed by atoms with E-state index < -0.39 is 17.5 Å². The fraction of sp³-hybridized carbons (Fsp3) is 0.276. The van der Waals surface area contributed by atoms with E-state index in [0.717, 1.165) is 10.5 Å². The summed E-state index contributed by atoms with van der Waals surface area (Å²) < 4.78 is 11.8. The van der Waals surface area contributed by atoms with E-state index in [4.69, 9.17) is 9.47 Å². The first-order valence-electron chi connectivity index (χ1n) is 12.4. The highest BCUT2D eigenvalue weighted by Gasteiger charge is 2.53. The number of carbonyl (C=O) groups is 3. The number of nitrogens with zero attached hydrogens (tertiary/aromatic N) is 2. The van der Waals surface area contributed by atoms with Crippen molar-refractivity contribution >= 4 is 17.8 Å². The van der Waals surface area contributed by atoms with Gasteiger partial charge in [-0.3, -0.25) is 14.5 Å². The number of nitrogens with one attached hydrogen (secondary N) is 1. The quantitative estimate of drug-likeness (QED) is 0.480. The maximum absolute atomic E-state index is 13.8. The lowest BCUT2D eigenvalue weighted by Crippen LogP contribution is -2.49. The molecule has 2 aliphatic rings. The summed E-state index contributed by atoms with van der Waals surface area (Å²) in [6.07, 6.45) is -0.0829. The number of likely N-dealkylation sites (N-methyl/N-ethyl adjacent to an activating group) is 1. The van der Waals surface area contributed by atoms with Gasteiger partial charge >= 0.3 is 6.03 Å². The highest BCUT2D eigenvalue weighted by atomic mass is 16.6. The molecular formula is C29H29N3O5. The van der Waals surface area contributed by atoms with Crippen LogP contribution in [0.2, 0.25) is 0 Å². The van der Waals surface area contributed by atoms with Crippen LogP contribution in [0.1, 0.15) is 18.1 Å². The Morgan fingerprint density at radius 3 is 2.32 bits per heavy atom. The third kappa shape index (κ3) is 4.87. The van der Waals surface area contributed by atoms with Gasteiger partial charge in [-0.15, -0.1) is 0 Å². The van der Waals surface area contributed by atoms with E-state index in [-0.39, 0.29) is 31.5 Å². The van der Waals surface area contributed by atoms with Gasteiger partial charge in [-0.05, 0) is 30.2 Å². The second kappa shape index (κ2) is 10.3. The molecular weight excluding hydrogens is 470 g/mol. The molecule has 1 N–H and O–H groups in total. The molecule has 0 aromatic heterocycles. The Morgan fingerprint density at radius 2 is 1.62 bits per heavy atom. The molecule has 3 aromatic carbocycles. The molecule has 0 spiro atoms. The summed E-state index contributed by atoms with van der Waals surface area (Å²) in [7, 11) is 0. The molecule has 3 aromatic rings. The normalized spacial score (nSPS) is 20.5. The van der Waals surface area contributed by atoms with Crippen molar-refractivity contribution in [1.82, 2.24) is 15.1 Å². The van der Waals surface area contributed by atoms with Crippen molar-refractivity contribution in [3.63, 3.8) is 0 Å². The van der Waals surface area contributed by atoms with Crippen molar-refractivity contribution in [1.29, 1.82) is 0 Å². The number of carbonyl (C=O) groups excluding carboxylic acids is 3. The standard InChI is InChI=1S/C29H29N3O5/c1-2-31(18-23-20-36-24-15-9-10-16-25(24)37-23)26(33)19-32-27(34)29(30-28(32)35,22-13-7-4-8-14-22)17-21-11-5-3-6-12-21/h3-16,23H,2,17-20H2,1H3,(H,30,35)/t23-,29+/m1/s1. The molecule has 37 heavy (non-hydrogen) atoms. The predicted molar refractivity (Wildman–Crippen MR) is 137 cm³/mol. The minimum absolute atomic E-state index is 0.275. The molecule has 5 rings (SSSR count). The summed E-state index contributed by atoms with van der Waals surface area (Å²) in [6.45, 7) is 2.48. The zero-order chi connectivity index (χ0) is 25.8. The van der Waals surface area contributed by atoms with E-state index in [0.29, 0.717) is 30.2 Å². The topological polar surface area (TPSA) is 88.2 Å². The van der Waals surface area contributed by atoms with Crippen LogP contribution < -0.4 is 14.8 Å². The van der Waals surface area contributed by atoms with Crippen LogP contribution in [0.4, 0.5) is 4.79 Å².